The van der Waals surface area contributed by atoms with Gasteiger partial charge < -0.3 is 5.32 Å². The Morgan fingerprint density at radius 2 is 1.95 bits per heavy atom. The zero-order chi connectivity index (χ0) is 14.5. The highest BCUT2D eigenvalue weighted by molar-refractivity contribution is 5.31. The molecule has 0 aliphatic rings. The molecule has 0 amide bonds. The van der Waals surface area contributed by atoms with Gasteiger partial charge in [0, 0.05) is 6.20 Å². The van der Waals surface area contributed by atoms with E-state index in [0.29, 0.717) is 6.04 Å². The van der Waals surface area contributed by atoms with Crippen LogP contribution in [0.3, 0.4) is 0 Å². The maximum absolute atomic E-state index is 4.50. The van der Waals surface area contributed by atoms with E-state index in [2.05, 4.69) is 61.6 Å². The van der Waals surface area contributed by atoms with Crippen LogP contribution in [0, 0.1) is 20.8 Å². The van der Waals surface area contributed by atoms with Crippen LogP contribution in [0.1, 0.15) is 41.8 Å². The van der Waals surface area contributed by atoms with Crippen LogP contribution in [-0.2, 0) is 6.54 Å². The second-order valence-corrected chi connectivity index (χ2v) is 5.53. The van der Waals surface area contributed by atoms with Crippen molar-refractivity contribution in [3.05, 3.63) is 52.8 Å². The van der Waals surface area contributed by atoms with E-state index in [1.165, 1.54) is 16.7 Å². The fourth-order valence-electron chi connectivity index (χ4n) is 2.34. The van der Waals surface area contributed by atoms with Gasteiger partial charge in [-0.25, -0.2) is 0 Å². The van der Waals surface area contributed by atoms with Gasteiger partial charge in [-0.2, -0.15) is 5.10 Å². The maximum Gasteiger partial charge on any atom is 0.0604 e. The zero-order valence-corrected chi connectivity index (χ0v) is 13.0. The summed E-state index contributed by atoms with van der Waals surface area (Å²) in [7, 11) is 0. The van der Waals surface area contributed by atoms with Gasteiger partial charge in [0.2, 0.25) is 0 Å². The molecule has 0 saturated carbocycles. The topological polar surface area (TPSA) is 29.9 Å². The molecule has 1 aromatic carbocycles. The molecule has 2 rings (SSSR count). The number of benzene rings is 1. The average Bonchev–Trinajstić information content (AvgIpc) is 2.83. The Morgan fingerprint density at radius 1 is 1.15 bits per heavy atom. The van der Waals surface area contributed by atoms with Crippen molar-refractivity contribution in [3.63, 3.8) is 0 Å². The van der Waals surface area contributed by atoms with Gasteiger partial charge in [0.1, 0.15) is 0 Å². The molecule has 0 radical (unpaired) electrons. The standard InChI is InChI=1S/C17H25N3/c1-5-9-18-17(12-20-10-8-15(4)19-20)16-7-6-13(2)14(3)11-16/h6-8,10-11,17-18H,5,9,12H2,1-4H3. The lowest BCUT2D eigenvalue weighted by Gasteiger charge is -2.20. The first-order chi connectivity index (χ1) is 9.60. The van der Waals surface area contributed by atoms with E-state index in [4.69, 9.17) is 0 Å². The predicted molar refractivity (Wildman–Crippen MR) is 83.9 cm³/mol. The molecule has 3 heteroatoms. The third-order valence-electron chi connectivity index (χ3n) is 3.72. The smallest absolute Gasteiger partial charge is 0.0604 e. The molecule has 1 atom stereocenters. The van der Waals surface area contributed by atoms with E-state index < -0.39 is 0 Å². The van der Waals surface area contributed by atoms with Gasteiger partial charge in [-0.1, -0.05) is 25.1 Å². The Bertz CT molecular complexity index is 557. The lowest BCUT2D eigenvalue weighted by molar-refractivity contribution is 0.437. The largest absolute Gasteiger partial charge is 0.308 e. The molecule has 1 N–H and O–H groups in total. The molecule has 0 fully saturated rings. The molecule has 1 unspecified atom stereocenters. The Hall–Kier alpha value is -1.61. The summed E-state index contributed by atoms with van der Waals surface area (Å²) in [6.07, 6.45) is 3.19. The van der Waals surface area contributed by atoms with E-state index in [1.54, 1.807) is 0 Å². The van der Waals surface area contributed by atoms with Gasteiger partial charge in [-0.05, 0) is 56.5 Å². The fourth-order valence-corrected chi connectivity index (χ4v) is 2.34. The first-order valence-corrected chi connectivity index (χ1v) is 7.40. The molecule has 0 bridgehead atoms. The van der Waals surface area contributed by atoms with Crippen molar-refractivity contribution in [2.45, 2.75) is 46.7 Å². The molecule has 0 spiro atoms. The molecule has 1 heterocycles. The minimum atomic E-state index is 0.313. The highest BCUT2D eigenvalue weighted by Gasteiger charge is 2.12. The quantitative estimate of drug-likeness (QED) is 0.870. The van der Waals surface area contributed by atoms with Crippen molar-refractivity contribution in [1.82, 2.24) is 15.1 Å². The summed E-state index contributed by atoms with van der Waals surface area (Å²) in [5.74, 6) is 0. The second-order valence-electron chi connectivity index (χ2n) is 5.53. The minimum Gasteiger partial charge on any atom is -0.308 e. The highest BCUT2D eigenvalue weighted by atomic mass is 15.3. The molecular formula is C17H25N3. The molecule has 108 valence electrons. The molecule has 20 heavy (non-hydrogen) atoms. The van der Waals surface area contributed by atoms with Crippen LogP contribution in [0.4, 0.5) is 0 Å². The summed E-state index contributed by atoms with van der Waals surface area (Å²) < 4.78 is 2.03. The number of aromatic nitrogens is 2. The van der Waals surface area contributed by atoms with Gasteiger partial charge in [-0.15, -0.1) is 0 Å². The van der Waals surface area contributed by atoms with Crippen molar-refractivity contribution in [2.75, 3.05) is 6.54 Å². The van der Waals surface area contributed by atoms with Gasteiger partial charge in [0.05, 0.1) is 18.3 Å². The highest BCUT2D eigenvalue weighted by Crippen LogP contribution is 2.19. The summed E-state index contributed by atoms with van der Waals surface area (Å²) in [5, 5.41) is 8.13. The molecular weight excluding hydrogens is 246 g/mol. The third kappa shape index (κ3) is 3.70. The number of aryl methyl sites for hydroxylation is 3. The van der Waals surface area contributed by atoms with Crippen molar-refractivity contribution in [2.24, 2.45) is 0 Å². The molecule has 1 aromatic heterocycles. The Labute approximate surface area is 122 Å². The van der Waals surface area contributed by atoms with Crippen LogP contribution in [-0.4, -0.2) is 16.3 Å². The summed E-state index contributed by atoms with van der Waals surface area (Å²) in [6, 6.07) is 9.09. The molecule has 0 saturated heterocycles. The van der Waals surface area contributed by atoms with Gasteiger partial charge in [0.15, 0.2) is 0 Å². The van der Waals surface area contributed by atoms with Crippen LogP contribution in [0.5, 0.6) is 0 Å². The van der Waals surface area contributed by atoms with Crippen LogP contribution < -0.4 is 5.32 Å². The van der Waals surface area contributed by atoms with E-state index >= 15 is 0 Å². The lowest BCUT2D eigenvalue weighted by atomic mass is 10.0. The van der Waals surface area contributed by atoms with Crippen LogP contribution in [0.2, 0.25) is 0 Å². The maximum atomic E-state index is 4.50. The Morgan fingerprint density at radius 3 is 2.55 bits per heavy atom. The Kier molecular flexibility index (Phi) is 4.96. The van der Waals surface area contributed by atoms with Crippen LogP contribution in [0.15, 0.2) is 30.5 Å². The van der Waals surface area contributed by atoms with Gasteiger partial charge >= 0.3 is 0 Å². The second kappa shape index (κ2) is 6.71. The average molecular weight is 271 g/mol. The van der Waals surface area contributed by atoms with E-state index in [0.717, 1.165) is 25.2 Å². The van der Waals surface area contributed by atoms with Crippen LogP contribution in [0.25, 0.3) is 0 Å². The number of hydrogen-bond donors (Lipinski definition) is 1. The van der Waals surface area contributed by atoms with E-state index in [9.17, 15) is 0 Å². The molecule has 0 aliphatic heterocycles. The monoisotopic (exact) mass is 271 g/mol. The Balaban J connectivity index is 2.19. The van der Waals surface area contributed by atoms with Crippen LogP contribution >= 0.6 is 0 Å². The number of nitrogens with zero attached hydrogens (tertiary/aromatic N) is 2. The summed E-state index contributed by atoms with van der Waals surface area (Å²) in [4.78, 5) is 0. The first-order valence-electron chi connectivity index (χ1n) is 7.40. The number of hydrogen-bond acceptors (Lipinski definition) is 2. The van der Waals surface area contributed by atoms with Crippen molar-refractivity contribution >= 4 is 0 Å². The van der Waals surface area contributed by atoms with Crippen molar-refractivity contribution in [1.29, 1.82) is 0 Å². The third-order valence-corrected chi connectivity index (χ3v) is 3.72. The molecule has 3 nitrogen and oxygen atoms in total. The number of nitrogens with one attached hydrogen (secondary N) is 1. The normalized spacial score (nSPS) is 12.6. The van der Waals surface area contributed by atoms with E-state index in [1.807, 2.05) is 11.6 Å². The fraction of sp³-hybridized carbons (Fsp3) is 0.471. The van der Waals surface area contributed by atoms with Crippen molar-refractivity contribution in [3.8, 4) is 0 Å². The minimum absolute atomic E-state index is 0.313. The lowest BCUT2D eigenvalue weighted by Crippen LogP contribution is -2.26. The SMILES string of the molecule is CCCNC(Cn1ccc(C)n1)c1ccc(C)c(C)c1. The summed E-state index contributed by atoms with van der Waals surface area (Å²) >= 11 is 0. The summed E-state index contributed by atoms with van der Waals surface area (Å²) in [5.41, 5.74) is 5.11. The van der Waals surface area contributed by atoms with Gasteiger partial charge in [0.25, 0.3) is 0 Å². The summed E-state index contributed by atoms with van der Waals surface area (Å²) in [6.45, 7) is 10.5. The first kappa shape index (κ1) is 14.8. The molecule has 2 aromatic rings. The van der Waals surface area contributed by atoms with Crippen molar-refractivity contribution < 1.29 is 0 Å². The van der Waals surface area contributed by atoms with E-state index in [-0.39, 0.29) is 0 Å². The van der Waals surface area contributed by atoms with Gasteiger partial charge in [-0.3, -0.25) is 4.68 Å². The predicted octanol–water partition coefficient (Wildman–Crippen LogP) is 3.55. The zero-order valence-electron chi connectivity index (χ0n) is 13.0. The number of rotatable bonds is 6. The molecule has 0 aliphatic carbocycles.